The molecule has 2 aromatic heterocycles. The van der Waals surface area contributed by atoms with Gasteiger partial charge < -0.3 is 9.15 Å². The predicted octanol–water partition coefficient (Wildman–Crippen LogP) is 6.30. The Bertz CT molecular complexity index is 2020. The number of hydrogen-bond acceptors (Lipinski definition) is 6. The van der Waals surface area contributed by atoms with Gasteiger partial charge in [0.25, 0.3) is 5.56 Å². The van der Waals surface area contributed by atoms with Gasteiger partial charge in [-0.2, -0.15) is 0 Å². The molecule has 0 saturated carbocycles. The van der Waals surface area contributed by atoms with E-state index in [1.165, 1.54) is 28.0 Å². The number of esters is 1. The van der Waals surface area contributed by atoms with Crippen molar-refractivity contribution in [2.45, 2.75) is 19.9 Å². The van der Waals surface area contributed by atoms with Crippen molar-refractivity contribution < 1.29 is 18.3 Å². The summed E-state index contributed by atoms with van der Waals surface area (Å²) in [5.74, 6) is 0.0611. The summed E-state index contributed by atoms with van der Waals surface area (Å²) in [4.78, 5) is 32.7. The Hall–Kier alpha value is -4.53. The Balaban J connectivity index is 1.56. The molecular weight excluding hydrogens is 575 g/mol. The van der Waals surface area contributed by atoms with Gasteiger partial charge in [0.2, 0.25) is 0 Å². The summed E-state index contributed by atoms with van der Waals surface area (Å²) in [6.45, 7) is 3.82. The summed E-state index contributed by atoms with van der Waals surface area (Å²) in [7, 11) is 0. The number of carbonyl (C=O) groups excluding carboxylic acids is 1. The van der Waals surface area contributed by atoms with E-state index in [2.05, 4.69) is 0 Å². The fourth-order valence-electron chi connectivity index (χ4n) is 4.96. The van der Waals surface area contributed by atoms with Crippen molar-refractivity contribution in [2.24, 2.45) is 4.99 Å². The second kappa shape index (κ2) is 11.4. The highest BCUT2D eigenvalue weighted by Gasteiger charge is 2.35. The van der Waals surface area contributed by atoms with Gasteiger partial charge in [-0.1, -0.05) is 71.5 Å². The molecule has 1 atom stereocenters. The number of fused-ring (bicyclic) bond motifs is 1. The van der Waals surface area contributed by atoms with E-state index in [1.54, 1.807) is 31.2 Å². The Labute approximate surface area is 249 Å². The third-order valence-corrected chi connectivity index (χ3v) is 8.14. The molecule has 3 aromatic carbocycles. The Morgan fingerprint density at radius 1 is 1.10 bits per heavy atom. The van der Waals surface area contributed by atoms with E-state index in [0.717, 1.165) is 11.1 Å². The van der Waals surface area contributed by atoms with E-state index in [0.29, 0.717) is 42.7 Å². The van der Waals surface area contributed by atoms with Crippen LogP contribution in [-0.2, 0) is 9.53 Å². The first kappa shape index (κ1) is 27.6. The fourth-order valence-corrected chi connectivity index (χ4v) is 6.12. The Morgan fingerprint density at radius 3 is 2.60 bits per heavy atom. The van der Waals surface area contributed by atoms with E-state index in [-0.39, 0.29) is 17.7 Å². The highest BCUT2D eigenvalue weighted by molar-refractivity contribution is 7.07. The number of carbonyl (C=O) groups is 1. The molecule has 0 N–H and O–H groups in total. The van der Waals surface area contributed by atoms with Crippen LogP contribution >= 0.6 is 22.9 Å². The van der Waals surface area contributed by atoms with Gasteiger partial charge in [0.05, 0.1) is 28.5 Å². The van der Waals surface area contributed by atoms with E-state index >= 15 is 0 Å². The summed E-state index contributed by atoms with van der Waals surface area (Å²) in [5, 5.41) is 0.592. The molecule has 0 spiro atoms. The number of ether oxygens (including phenoxy) is 1. The largest absolute Gasteiger partial charge is 0.463 e. The number of rotatable bonds is 6. The molecule has 5 aromatic rings. The summed E-state index contributed by atoms with van der Waals surface area (Å²) >= 11 is 7.39. The minimum Gasteiger partial charge on any atom is -0.463 e. The average molecular weight is 599 g/mol. The molecule has 9 heteroatoms. The van der Waals surface area contributed by atoms with Gasteiger partial charge in [0.15, 0.2) is 4.80 Å². The molecule has 0 bridgehead atoms. The molecule has 0 radical (unpaired) electrons. The summed E-state index contributed by atoms with van der Waals surface area (Å²) < 4.78 is 27.3. The number of furan rings is 1. The van der Waals surface area contributed by atoms with Gasteiger partial charge in [-0.25, -0.2) is 14.2 Å². The number of aromatic nitrogens is 1. The first-order chi connectivity index (χ1) is 20.3. The first-order valence-corrected chi connectivity index (χ1v) is 14.4. The van der Waals surface area contributed by atoms with Crippen molar-refractivity contribution in [1.29, 1.82) is 0 Å². The van der Waals surface area contributed by atoms with Crippen LogP contribution in [0.4, 0.5) is 4.39 Å². The smallest absolute Gasteiger partial charge is 0.338 e. The summed E-state index contributed by atoms with van der Waals surface area (Å²) in [5.41, 5.74) is 3.33. The zero-order valence-corrected chi connectivity index (χ0v) is 24.2. The third-order valence-electron chi connectivity index (χ3n) is 6.92. The lowest BCUT2D eigenvalue weighted by Gasteiger charge is -2.25. The zero-order valence-electron chi connectivity index (χ0n) is 22.6. The van der Waals surface area contributed by atoms with Crippen molar-refractivity contribution in [3.8, 4) is 11.3 Å². The lowest BCUT2D eigenvalue weighted by molar-refractivity contribution is -0.138. The van der Waals surface area contributed by atoms with Gasteiger partial charge in [-0.05, 0) is 61.4 Å². The zero-order chi connectivity index (χ0) is 29.4. The summed E-state index contributed by atoms with van der Waals surface area (Å²) in [6.07, 6.45) is 1.66. The second-order valence-corrected chi connectivity index (χ2v) is 11.1. The molecule has 42 heavy (non-hydrogen) atoms. The molecule has 1 aliphatic heterocycles. The van der Waals surface area contributed by atoms with Crippen molar-refractivity contribution in [3.05, 3.63) is 143 Å². The van der Waals surface area contributed by atoms with Crippen LogP contribution in [-0.4, -0.2) is 17.1 Å². The highest BCUT2D eigenvalue weighted by Crippen LogP contribution is 2.35. The maximum absolute atomic E-state index is 14.0. The molecule has 0 unspecified atom stereocenters. The molecule has 0 fully saturated rings. The minimum atomic E-state index is -0.889. The van der Waals surface area contributed by atoms with Gasteiger partial charge in [0.1, 0.15) is 17.3 Å². The minimum absolute atomic E-state index is 0.137. The van der Waals surface area contributed by atoms with Crippen molar-refractivity contribution >= 4 is 40.7 Å². The number of hydrogen-bond donors (Lipinski definition) is 0. The van der Waals surface area contributed by atoms with Crippen molar-refractivity contribution in [1.82, 2.24) is 4.57 Å². The van der Waals surface area contributed by atoms with Crippen LogP contribution in [0.15, 0.2) is 105 Å². The van der Waals surface area contributed by atoms with E-state index in [9.17, 15) is 14.0 Å². The van der Waals surface area contributed by atoms with Crippen LogP contribution < -0.4 is 14.9 Å². The third kappa shape index (κ3) is 5.15. The normalized spacial score (nSPS) is 15.0. The molecule has 0 aliphatic carbocycles. The number of aryl methyl sites for hydroxylation is 1. The van der Waals surface area contributed by atoms with Crippen molar-refractivity contribution in [2.75, 3.05) is 6.61 Å². The number of benzene rings is 3. The van der Waals surface area contributed by atoms with Gasteiger partial charge >= 0.3 is 5.97 Å². The van der Waals surface area contributed by atoms with Gasteiger partial charge in [-0.3, -0.25) is 9.36 Å². The highest BCUT2D eigenvalue weighted by atomic mass is 35.5. The first-order valence-electron chi connectivity index (χ1n) is 13.2. The van der Waals surface area contributed by atoms with E-state index in [4.69, 9.17) is 25.7 Å². The fraction of sp³-hybridized carbons (Fsp3) is 0.121. The van der Waals surface area contributed by atoms with Crippen LogP contribution in [0, 0.1) is 12.7 Å². The van der Waals surface area contributed by atoms with Crippen molar-refractivity contribution in [3.63, 3.8) is 0 Å². The molecule has 0 saturated heterocycles. The number of thiazole rings is 1. The maximum atomic E-state index is 14.0. The standard InChI is InChI=1S/C33H24ClFN2O4S/c1-3-40-32(39)28-29(20-7-5-4-6-8-20)36-33-37(30(28)21-10-13-23(35)14-11-21)31(38)27(42-33)18-24-15-16-26(41-24)25-17-22(34)12-9-19(25)2/h4-18,30H,3H2,1-2H3/b27-18-/t30-/m1/s1. The van der Waals surface area contributed by atoms with Crippen LogP contribution in [0.3, 0.4) is 0 Å². The molecule has 210 valence electrons. The van der Waals surface area contributed by atoms with E-state index < -0.39 is 17.8 Å². The van der Waals surface area contributed by atoms with Crippen LogP contribution in [0.1, 0.15) is 35.4 Å². The second-order valence-electron chi connectivity index (χ2n) is 9.64. The van der Waals surface area contributed by atoms with Crippen LogP contribution in [0.25, 0.3) is 23.1 Å². The Morgan fingerprint density at radius 2 is 1.86 bits per heavy atom. The lowest BCUT2D eigenvalue weighted by Crippen LogP contribution is -2.40. The maximum Gasteiger partial charge on any atom is 0.338 e. The number of nitrogens with zero attached hydrogens (tertiary/aromatic N) is 2. The molecular formula is C33H24ClFN2O4S. The average Bonchev–Trinajstić information content (AvgIpc) is 3.58. The van der Waals surface area contributed by atoms with Gasteiger partial charge in [-0.15, -0.1) is 0 Å². The molecule has 0 amide bonds. The monoisotopic (exact) mass is 598 g/mol. The molecule has 1 aliphatic rings. The summed E-state index contributed by atoms with van der Waals surface area (Å²) in [6, 6.07) is 23.3. The molecule has 6 nitrogen and oxygen atoms in total. The molecule has 6 rings (SSSR count). The van der Waals surface area contributed by atoms with E-state index in [1.807, 2.05) is 61.5 Å². The SMILES string of the molecule is CCOC(=O)C1=C(c2ccccc2)N=c2s/c(=C\c3ccc(-c4cc(Cl)ccc4C)o3)c(=O)n2[C@@H]1c1ccc(F)cc1. The predicted molar refractivity (Wildman–Crippen MR) is 161 cm³/mol. The quantitative estimate of drug-likeness (QED) is 0.215. The van der Waals surface area contributed by atoms with Crippen LogP contribution in [0.2, 0.25) is 5.02 Å². The molecule has 3 heterocycles. The lowest BCUT2D eigenvalue weighted by atomic mass is 9.93. The number of halogens is 2. The van der Waals surface area contributed by atoms with Crippen LogP contribution in [0.5, 0.6) is 0 Å². The topological polar surface area (TPSA) is 73.8 Å². The Kier molecular flexibility index (Phi) is 7.49. The van der Waals surface area contributed by atoms with Gasteiger partial charge in [0, 0.05) is 22.2 Å².